The molecule has 2 N–H and O–H groups in total. The Bertz CT molecular complexity index is 946. The van der Waals surface area contributed by atoms with Crippen LogP contribution in [0.15, 0.2) is 72.0 Å². The van der Waals surface area contributed by atoms with Crippen LogP contribution in [-0.4, -0.2) is 28.1 Å². The van der Waals surface area contributed by atoms with Gasteiger partial charge in [-0.15, -0.1) is 0 Å². The van der Waals surface area contributed by atoms with E-state index in [1.54, 1.807) is 24.3 Å². The molecule has 30 heavy (non-hydrogen) atoms. The second-order valence-corrected chi connectivity index (χ2v) is 8.11. The van der Waals surface area contributed by atoms with Crippen molar-refractivity contribution in [1.29, 1.82) is 0 Å². The molecule has 2 aromatic rings. The summed E-state index contributed by atoms with van der Waals surface area (Å²) >= 11 is 0. The smallest absolute Gasteiger partial charge is 0.339 e. The molecule has 2 aromatic carbocycles. The zero-order valence-corrected chi connectivity index (χ0v) is 16.9. The van der Waals surface area contributed by atoms with Gasteiger partial charge in [0, 0.05) is 11.8 Å². The number of hydrogen-bond donors (Lipinski definition) is 2. The summed E-state index contributed by atoms with van der Waals surface area (Å²) in [5, 5.41) is 21.7. The predicted octanol–water partition coefficient (Wildman–Crippen LogP) is 4.25. The molecule has 5 nitrogen and oxygen atoms in total. The molecule has 4 rings (SSSR count). The fourth-order valence-electron chi connectivity index (χ4n) is 4.42. The lowest BCUT2D eigenvalue weighted by Crippen LogP contribution is -2.43. The van der Waals surface area contributed by atoms with Crippen LogP contribution in [0.2, 0.25) is 0 Å². The lowest BCUT2D eigenvalue weighted by Gasteiger charge is -2.33. The third-order valence-electron chi connectivity index (χ3n) is 6.17. The number of rotatable bonds is 7. The summed E-state index contributed by atoms with van der Waals surface area (Å²) in [6.07, 6.45) is 0.0854. The van der Waals surface area contributed by atoms with Gasteiger partial charge in [-0.25, -0.2) is 4.79 Å². The number of Topliss-reactive ketones (excluding diaryl/α,β-unsaturated/α-hetero) is 1. The van der Waals surface area contributed by atoms with Crippen molar-refractivity contribution in [3.05, 3.63) is 83.1 Å². The topological polar surface area (TPSA) is 83.8 Å². The molecule has 4 atom stereocenters. The lowest BCUT2D eigenvalue weighted by atomic mass is 9.80. The SMILES string of the molecule is CC[C@H](C1OC(=O)C([C@@H](c2ccccc2)C2CC2)=C(O)C1=O)[C@@H](O)c1ccccc1. The monoisotopic (exact) mass is 406 g/mol. The minimum Gasteiger partial charge on any atom is -0.504 e. The Labute approximate surface area is 176 Å². The highest BCUT2D eigenvalue weighted by Crippen LogP contribution is 2.49. The molecule has 1 fully saturated rings. The number of ether oxygens (including phenoxy) is 1. The van der Waals surface area contributed by atoms with Gasteiger partial charge in [-0.3, -0.25) is 4.79 Å². The Hall–Kier alpha value is -2.92. The molecule has 1 aliphatic heterocycles. The Morgan fingerprint density at radius 3 is 2.07 bits per heavy atom. The third-order valence-corrected chi connectivity index (χ3v) is 6.17. The second-order valence-electron chi connectivity index (χ2n) is 8.11. The molecule has 5 heteroatoms. The predicted molar refractivity (Wildman–Crippen MR) is 112 cm³/mol. The van der Waals surface area contributed by atoms with E-state index in [0.29, 0.717) is 12.0 Å². The second kappa shape index (κ2) is 8.44. The number of esters is 1. The molecule has 0 bridgehead atoms. The van der Waals surface area contributed by atoms with Gasteiger partial charge in [-0.2, -0.15) is 0 Å². The number of benzene rings is 2. The van der Waals surface area contributed by atoms with Crippen LogP contribution >= 0.6 is 0 Å². The zero-order chi connectivity index (χ0) is 21.3. The average molecular weight is 406 g/mol. The fraction of sp³-hybridized carbons (Fsp3) is 0.360. The Balaban J connectivity index is 1.67. The van der Waals surface area contributed by atoms with Gasteiger partial charge in [0.1, 0.15) is 0 Å². The highest BCUT2D eigenvalue weighted by molar-refractivity contribution is 6.09. The Morgan fingerprint density at radius 2 is 1.53 bits per heavy atom. The average Bonchev–Trinajstić information content (AvgIpc) is 3.61. The van der Waals surface area contributed by atoms with Gasteiger partial charge in [0.2, 0.25) is 5.78 Å². The van der Waals surface area contributed by atoms with E-state index in [1.165, 1.54) is 0 Å². The molecule has 0 amide bonds. The van der Waals surface area contributed by atoms with Crippen LogP contribution in [0.25, 0.3) is 0 Å². The van der Waals surface area contributed by atoms with Crippen LogP contribution in [0, 0.1) is 11.8 Å². The van der Waals surface area contributed by atoms with Crippen molar-refractivity contribution >= 4 is 11.8 Å². The highest BCUT2D eigenvalue weighted by Gasteiger charge is 2.48. The molecule has 0 spiro atoms. The van der Waals surface area contributed by atoms with Gasteiger partial charge in [0.15, 0.2) is 11.9 Å². The van der Waals surface area contributed by atoms with Crippen LogP contribution in [0.3, 0.4) is 0 Å². The van der Waals surface area contributed by atoms with E-state index in [9.17, 15) is 19.8 Å². The molecule has 1 aliphatic carbocycles. The molecule has 1 saturated carbocycles. The molecule has 1 heterocycles. The van der Waals surface area contributed by atoms with Gasteiger partial charge in [-0.1, -0.05) is 67.6 Å². The summed E-state index contributed by atoms with van der Waals surface area (Å²) in [4.78, 5) is 26.1. The number of aliphatic hydroxyl groups is 2. The Kier molecular flexibility index (Phi) is 5.73. The Morgan fingerprint density at radius 1 is 0.967 bits per heavy atom. The van der Waals surface area contributed by atoms with Gasteiger partial charge in [0.05, 0.1) is 11.7 Å². The molecular weight excluding hydrogens is 380 g/mol. The third kappa shape index (κ3) is 3.77. The number of aliphatic hydroxyl groups excluding tert-OH is 2. The number of ketones is 1. The van der Waals surface area contributed by atoms with Gasteiger partial charge in [0.25, 0.3) is 0 Å². The van der Waals surface area contributed by atoms with E-state index in [-0.39, 0.29) is 17.4 Å². The first-order chi connectivity index (χ1) is 14.5. The lowest BCUT2D eigenvalue weighted by molar-refractivity contribution is -0.161. The first-order valence-electron chi connectivity index (χ1n) is 10.5. The van der Waals surface area contributed by atoms with Crippen molar-refractivity contribution in [2.75, 3.05) is 0 Å². The van der Waals surface area contributed by atoms with Crippen LogP contribution in [0.5, 0.6) is 0 Å². The number of carbonyl (C=O) groups is 2. The fourth-order valence-corrected chi connectivity index (χ4v) is 4.42. The van der Waals surface area contributed by atoms with Crippen molar-refractivity contribution in [2.24, 2.45) is 11.8 Å². The van der Waals surface area contributed by atoms with Crippen LogP contribution in [0.4, 0.5) is 0 Å². The maximum absolute atomic E-state index is 13.1. The first kappa shape index (κ1) is 20.4. The standard InChI is InChI=1S/C25H26O5/c1-2-18(21(26)17-11-7-4-8-12-17)24-23(28)22(27)20(25(29)30-24)19(16-13-14-16)15-9-5-3-6-10-15/h3-12,16,18-19,21,24,26-27H,2,13-14H2,1H3/t18-,19-,21-,24?/m0/s1. The van der Waals surface area contributed by atoms with Crippen LogP contribution in [-0.2, 0) is 14.3 Å². The van der Waals surface area contributed by atoms with Crippen LogP contribution in [0.1, 0.15) is 49.3 Å². The molecule has 0 aromatic heterocycles. The summed E-state index contributed by atoms with van der Waals surface area (Å²) in [7, 11) is 0. The maximum atomic E-state index is 13.1. The van der Waals surface area contributed by atoms with E-state index in [2.05, 4.69) is 0 Å². The first-order valence-corrected chi connectivity index (χ1v) is 10.5. The molecular formula is C25H26O5. The molecule has 0 saturated heterocycles. The van der Waals surface area contributed by atoms with E-state index in [1.807, 2.05) is 43.3 Å². The van der Waals surface area contributed by atoms with Crippen molar-refractivity contribution in [2.45, 2.75) is 44.3 Å². The molecule has 2 aliphatic rings. The quantitative estimate of drug-likeness (QED) is 0.672. The van der Waals surface area contributed by atoms with Gasteiger partial charge < -0.3 is 14.9 Å². The van der Waals surface area contributed by atoms with E-state index in [4.69, 9.17) is 4.74 Å². The van der Waals surface area contributed by atoms with Crippen LogP contribution < -0.4 is 0 Å². The van der Waals surface area contributed by atoms with Crippen molar-refractivity contribution in [1.82, 2.24) is 0 Å². The van der Waals surface area contributed by atoms with Gasteiger partial charge in [-0.05, 0) is 36.3 Å². The van der Waals surface area contributed by atoms with Crippen molar-refractivity contribution in [3.8, 4) is 0 Å². The molecule has 1 unspecified atom stereocenters. The summed E-state index contributed by atoms with van der Waals surface area (Å²) < 4.78 is 5.59. The number of hydrogen-bond acceptors (Lipinski definition) is 5. The molecule has 156 valence electrons. The molecule has 0 radical (unpaired) electrons. The minimum atomic E-state index is -1.21. The highest BCUT2D eigenvalue weighted by atomic mass is 16.6. The summed E-state index contributed by atoms with van der Waals surface area (Å²) in [6.45, 7) is 1.82. The summed E-state index contributed by atoms with van der Waals surface area (Å²) in [5.74, 6) is -2.62. The normalized spacial score (nSPS) is 22.4. The largest absolute Gasteiger partial charge is 0.504 e. The zero-order valence-electron chi connectivity index (χ0n) is 16.9. The minimum absolute atomic E-state index is 0.0500. The summed E-state index contributed by atoms with van der Waals surface area (Å²) in [5.41, 5.74) is 1.58. The number of carbonyl (C=O) groups excluding carboxylic acids is 2. The van der Waals surface area contributed by atoms with E-state index < -0.39 is 35.6 Å². The van der Waals surface area contributed by atoms with E-state index in [0.717, 1.165) is 18.4 Å². The van der Waals surface area contributed by atoms with Crippen molar-refractivity contribution in [3.63, 3.8) is 0 Å². The summed E-state index contributed by atoms with van der Waals surface area (Å²) in [6, 6.07) is 18.4. The number of cyclic esters (lactones) is 1. The van der Waals surface area contributed by atoms with Gasteiger partial charge >= 0.3 is 5.97 Å². The maximum Gasteiger partial charge on any atom is 0.339 e. The van der Waals surface area contributed by atoms with E-state index >= 15 is 0 Å². The van der Waals surface area contributed by atoms with Crippen molar-refractivity contribution < 1.29 is 24.5 Å².